The number of para-hydroxylation sites is 2. The van der Waals surface area contributed by atoms with Crippen LogP contribution in [0.2, 0.25) is 0 Å². The van der Waals surface area contributed by atoms with E-state index in [1.54, 1.807) is 11.8 Å². The molecule has 4 rings (SSSR count). The van der Waals surface area contributed by atoms with Crippen LogP contribution in [0.15, 0.2) is 58.3 Å². The second-order valence-corrected chi connectivity index (χ2v) is 6.24. The minimum Gasteiger partial charge on any atom is -0.481 e. The first-order valence-corrected chi connectivity index (χ1v) is 8.10. The van der Waals surface area contributed by atoms with E-state index in [1.807, 2.05) is 42.5 Å². The SMILES string of the molecule is O=S1COc2ccccc21.c1ccc2c(c1)OCS2. The van der Waals surface area contributed by atoms with Crippen molar-refractivity contribution in [2.24, 2.45) is 0 Å². The fraction of sp³-hybridized carbons (Fsp3) is 0.143. The molecule has 0 aliphatic carbocycles. The molecule has 1 atom stereocenters. The van der Waals surface area contributed by atoms with Crippen molar-refractivity contribution in [3.63, 3.8) is 0 Å². The standard InChI is InChI=1S/C7H6O2S.C7H6OS/c8-10-5-9-6-3-1-2-4-7(6)10;1-2-4-7-6(3-1)8-5-9-7/h1-4H,5H2;1-4H,5H2. The van der Waals surface area contributed by atoms with Gasteiger partial charge in [-0.3, -0.25) is 4.21 Å². The van der Waals surface area contributed by atoms with Crippen molar-refractivity contribution in [1.82, 2.24) is 0 Å². The van der Waals surface area contributed by atoms with Gasteiger partial charge in [0.25, 0.3) is 0 Å². The first-order chi connectivity index (χ1) is 9.34. The molecule has 2 aliphatic rings. The molecular weight excluding hydrogens is 280 g/mol. The van der Waals surface area contributed by atoms with Crippen LogP contribution in [-0.2, 0) is 10.8 Å². The van der Waals surface area contributed by atoms with Crippen LogP contribution in [0.25, 0.3) is 0 Å². The van der Waals surface area contributed by atoms with Crippen LogP contribution in [0.1, 0.15) is 0 Å². The van der Waals surface area contributed by atoms with Gasteiger partial charge in [-0.25, -0.2) is 0 Å². The molecule has 0 bridgehead atoms. The second kappa shape index (κ2) is 5.67. The maximum Gasteiger partial charge on any atom is 0.167 e. The van der Waals surface area contributed by atoms with Crippen molar-refractivity contribution < 1.29 is 13.7 Å². The van der Waals surface area contributed by atoms with Crippen LogP contribution in [0, 0.1) is 0 Å². The highest BCUT2D eigenvalue weighted by molar-refractivity contribution is 7.99. The van der Waals surface area contributed by atoms with Crippen molar-refractivity contribution in [2.45, 2.75) is 9.79 Å². The Balaban J connectivity index is 0.000000117. The zero-order valence-corrected chi connectivity index (χ0v) is 11.7. The zero-order chi connectivity index (χ0) is 13.1. The number of benzene rings is 2. The molecule has 0 saturated heterocycles. The molecule has 3 nitrogen and oxygen atoms in total. The summed E-state index contributed by atoms with van der Waals surface area (Å²) in [5.41, 5.74) is 0. The molecule has 0 radical (unpaired) electrons. The summed E-state index contributed by atoms with van der Waals surface area (Å²) in [5, 5.41) is 0. The van der Waals surface area contributed by atoms with E-state index in [4.69, 9.17) is 9.47 Å². The van der Waals surface area contributed by atoms with Gasteiger partial charge < -0.3 is 9.47 Å². The highest BCUT2D eigenvalue weighted by Crippen LogP contribution is 2.34. The van der Waals surface area contributed by atoms with Gasteiger partial charge in [-0.05, 0) is 24.3 Å². The van der Waals surface area contributed by atoms with E-state index in [0.29, 0.717) is 5.94 Å². The van der Waals surface area contributed by atoms with Crippen LogP contribution < -0.4 is 9.47 Å². The number of fused-ring (bicyclic) bond motifs is 2. The van der Waals surface area contributed by atoms with E-state index in [2.05, 4.69) is 6.07 Å². The van der Waals surface area contributed by atoms with Gasteiger partial charge in [-0.1, -0.05) is 36.0 Å². The fourth-order valence-corrected chi connectivity index (χ4v) is 3.48. The summed E-state index contributed by atoms with van der Waals surface area (Å²) in [6, 6.07) is 15.5. The number of rotatable bonds is 0. The molecule has 2 heterocycles. The highest BCUT2D eigenvalue weighted by Gasteiger charge is 2.17. The maximum atomic E-state index is 11.1. The predicted octanol–water partition coefficient (Wildman–Crippen LogP) is 3.27. The Hall–Kier alpha value is -1.46. The van der Waals surface area contributed by atoms with Gasteiger partial charge in [0.1, 0.15) is 17.4 Å². The predicted molar refractivity (Wildman–Crippen MR) is 76.1 cm³/mol. The molecule has 1 unspecified atom stereocenters. The average molecular weight is 292 g/mol. The van der Waals surface area contributed by atoms with Gasteiger partial charge in [0, 0.05) is 0 Å². The molecule has 5 heteroatoms. The van der Waals surface area contributed by atoms with E-state index in [0.717, 1.165) is 22.3 Å². The number of hydrogen-bond donors (Lipinski definition) is 0. The normalized spacial score (nSPS) is 18.4. The van der Waals surface area contributed by atoms with Crippen LogP contribution in [0.3, 0.4) is 0 Å². The summed E-state index contributed by atoms with van der Waals surface area (Å²) >= 11 is 1.75. The summed E-state index contributed by atoms with van der Waals surface area (Å²) in [7, 11) is -0.920. The zero-order valence-electron chi connectivity index (χ0n) is 10.1. The summed E-state index contributed by atoms with van der Waals surface area (Å²) in [6.07, 6.45) is 0. The molecule has 0 N–H and O–H groups in total. The van der Waals surface area contributed by atoms with Gasteiger partial charge in [0.2, 0.25) is 0 Å². The van der Waals surface area contributed by atoms with Gasteiger partial charge >= 0.3 is 0 Å². The molecule has 0 aromatic heterocycles. The quantitative estimate of drug-likeness (QED) is 0.746. The topological polar surface area (TPSA) is 35.5 Å². The molecule has 2 aromatic carbocycles. The van der Waals surface area contributed by atoms with E-state index in [1.165, 1.54) is 4.90 Å². The maximum absolute atomic E-state index is 11.1. The molecule has 0 amide bonds. The Labute approximate surface area is 118 Å². The molecule has 19 heavy (non-hydrogen) atoms. The first kappa shape index (κ1) is 12.6. The highest BCUT2D eigenvalue weighted by atomic mass is 32.2. The Morgan fingerprint density at radius 2 is 1.68 bits per heavy atom. The third-order valence-corrected chi connectivity index (χ3v) is 4.74. The van der Waals surface area contributed by atoms with Crippen LogP contribution >= 0.6 is 11.8 Å². The molecule has 2 aliphatic heterocycles. The van der Waals surface area contributed by atoms with E-state index >= 15 is 0 Å². The fourth-order valence-electron chi connectivity index (χ4n) is 1.78. The Kier molecular flexibility index (Phi) is 3.75. The number of hydrogen-bond acceptors (Lipinski definition) is 4. The largest absolute Gasteiger partial charge is 0.481 e. The lowest BCUT2D eigenvalue weighted by Crippen LogP contribution is -1.91. The minimum atomic E-state index is -0.920. The van der Waals surface area contributed by atoms with Crippen molar-refractivity contribution >= 4 is 22.6 Å². The Bertz CT molecular complexity index is 590. The smallest absolute Gasteiger partial charge is 0.167 e. The van der Waals surface area contributed by atoms with E-state index in [9.17, 15) is 4.21 Å². The molecule has 0 spiro atoms. The summed E-state index contributed by atoms with van der Waals surface area (Å²) in [5.74, 6) is 2.89. The number of ether oxygens (including phenoxy) is 2. The first-order valence-electron chi connectivity index (χ1n) is 5.79. The summed E-state index contributed by atoms with van der Waals surface area (Å²) in [6.45, 7) is 0. The Morgan fingerprint density at radius 3 is 2.47 bits per heavy atom. The average Bonchev–Trinajstić information content (AvgIpc) is 3.07. The van der Waals surface area contributed by atoms with E-state index < -0.39 is 10.8 Å². The third-order valence-electron chi connectivity index (χ3n) is 2.69. The molecule has 2 aromatic rings. The van der Waals surface area contributed by atoms with Gasteiger partial charge in [0.05, 0.1) is 20.6 Å². The van der Waals surface area contributed by atoms with Gasteiger partial charge in [0.15, 0.2) is 5.94 Å². The van der Waals surface area contributed by atoms with Crippen LogP contribution in [0.4, 0.5) is 0 Å². The van der Waals surface area contributed by atoms with Crippen molar-refractivity contribution in [2.75, 3.05) is 11.9 Å². The van der Waals surface area contributed by atoms with Crippen molar-refractivity contribution in [3.8, 4) is 11.5 Å². The van der Waals surface area contributed by atoms with E-state index in [-0.39, 0.29) is 0 Å². The minimum absolute atomic E-state index is 0.319. The lowest BCUT2D eigenvalue weighted by molar-refractivity contribution is 0.394. The third kappa shape index (κ3) is 2.77. The second-order valence-electron chi connectivity index (χ2n) is 3.91. The molecular formula is C14H12O3S2. The van der Waals surface area contributed by atoms with Gasteiger partial charge in [-0.2, -0.15) is 0 Å². The summed E-state index contributed by atoms with van der Waals surface area (Å²) in [4.78, 5) is 2.08. The Morgan fingerprint density at radius 1 is 0.947 bits per heavy atom. The van der Waals surface area contributed by atoms with Crippen molar-refractivity contribution in [3.05, 3.63) is 48.5 Å². The molecule has 0 fully saturated rings. The summed E-state index contributed by atoms with van der Waals surface area (Å²) < 4.78 is 21.4. The number of thioether (sulfide) groups is 1. The molecule has 98 valence electrons. The molecule has 0 saturated carbocycles. The lowest BCUT2D eigenvalue weighted by Gasteiger charge is -1.92. The van der Waals surface area contributed by atoms with Crippen LogP contribution in [0.5, 0.6) is 11.5 Å². The van der Waals surface area contributed by atoms with Gasteiger partial charge in [-0.15, -0.1) is 0 Å². The van der Waals surface area contributed by atoms with Crippen molar-refractivity contribution in [1.29, 1.82) is 0 Å². The van der Waals surface area contributed by atoms with Crippen LogP contribution in [-0.4, -0.2) is 16.1 Å². The lowest BCUT2D eigenvalue weighted by atomic mass is 10.3. The monoisotopic (exact) mass is 292 g/mol.